The molecule has 0 saturated heterocycles. The van der Waals surface area contributed by atoms with Gasteiger partial charge in [0.05, 0.1) is 11.7 Å². The molecule has 19 heavy (non-hydrogen) atoms. The molecular weight excluding hydrogens is 234 g/mol. The van der Waals surface area contributed by atoms with Crippen molar-refractivity contribution in [1.29, 1.82) is 0 Å². The van der Waals surface area contributed by atoms with Crippen LogP contribution in [0.25, 0.3) is 0 Å². The van der Waals surface area contributed by atoms with Crippen molar-refractivity contribution in [3.63, 3.8) is 0 Å². The number of benzene rings is 1. The zero-order chi connectivity index (χ0) is 14.0. The van der Waals surface area contributed by atoms with Gasteiger partial charge in [0.2, 0.25) is 0 Å². The van der Waals surface area contributed by atoms with Crippen molar-refractivity contribution in [2.45, 2.75) is 40.2 Å². The second kappa shape index (κ2) is 5.47. The summed E-state index contributed by atoms with van der Waals surface area (Å²) >= 11 is 0. The number of aryl methyl sites for hydroxylation is 3. The van der Waals surface area contributed by atoms with Gasteiger partial charge in [-0.1, -0.05) is 19.1 Å². The van der Waals surface area contributed by atoms with Gasteiger partial charge in [0.1, 0.15) is 0 Å². The Morgan fingerprint density at radius 2 is 2.05 bits per heavy atom. The van der Waals surface area contributed by atoms with Crippen molar-refractivity contribution in [1.82, 2.24) is 9.78 Å². The number of aromatic nitrogens is 2. The van der Waals surface area contributed by atoms with E-state index in [1.54, 1.807) is 0 Å². The van der Waals surface area contributed by atoms with E-state index in [0.29, 0.717) is 0 Å². The Balaban J connectivity index is 2.22. The molecular formula is C16H23N3. The Morgan fingerprint density at radius 3 is 2.63 bits per heavy atom. The lowest BCUT2D eigenvalue weighted by Crippen LogP contribution is -2.09. The summed E-state index contributed by atoms with van der Waals surface area (Å²) in [6, 6.07) is 8.88. The molecule has 0 aliphatic rings. The monoisotopic (exact) mass is 257 g/mol. The second-order valence-corrected chi connectivity index (χ2v) is 5.13. The fourth-order valence-corrected chi connectivity index (χ4v) is 2.62. The number of anilines is 1. The van der Waals surface area contributed by atoms with Crippen LogP contribution in [0.2, 0.25) is 0 Å². The van der Waals surface area contributed by atoms with Crippen LogP contribution in [0.4, 0.5) is 5.69 Å². The molecule has 0 bridgehead atoms. The van der Waals surface area contributed by atoms with E-state index in [2.05, 4.69) is 62.4 Å². The molecule has 0 radical (unpaired) electrons. The van der Waals surface area contributed by atoms with Crippen molar-refractivity contribution < 1.29 is 0 Å². The summed E-state index contributed by atoms with van der Waals surface area (Å²) in [6.45, 7) is 8.56. The van der Waals surface area contributed by atoms with E-state index in [9.17, 15) is 0 Å². The first-order valence-corrected chi connectivity index (χ1v) is 6.88. The highest BCUT2D eigenvalue weighted by atomic mass is 15.3. The van der Waals surface area contributed by atoms with E-state index in [1.165, 1.54) is 22.5 Å². The lowest BCUT2D eigenvalue weighted by molar-refractivity contribution is 0.728. The highest BCUT2D eigenvalue weighted by Gasteiger charge is 2.16. The number of hydrogen-bond acceptors (Lipinski definition) is 2. The Morgan fingerprint density at radius 1 is 1.32 bits per heavy atom. The van der Waals surface area contributed by atoms with Gasteiger partial charge in [-0.3, -0.25) is 4.68 Å². The Bertz CT molecular complexity index is 569. The molecule has 0 amide bonds. The quantitative estimate of drug-likeness (QED) is 0.903. The second-order valence-electron chi connectivity index (χ2n) is 5.13. The standard InChI is InChI=1S/C16H23N3/c1-6-14-8-7-9-15(10-14)17-11(2)16-12(3)18-19(5)13(16)4/h7-11,17H,6H2,1-5H3. The molecule has 2 aromatic rings. The normalized spacial score (nSPS) is 12.5. The third kappa shape index (κ3) is 2.80. The van der Waals surface area contributed by atoms with Gasteiger partial charge < -0.3 is 5.32 Å². The van der Waals surface area contributed by atoms with Gasteiger partial charge in [-0.05, 0) is 44.9 Å². The highest BCUT2D eigenvalue weighted by molar-refractivity contribution is 5.48. The number of nitrogens with one attached hydrogen (secondary N) is 1. The number of rotatable bonds is 4. The molecule has 3 heteroatoms. The summed E-state index contributed by atoms with van der Waals surface area (Å²) in [4.78, 5) is 0. The van der Waals surface area contributed by atoms with E-state index in [4.69, 9.17) is 0 Å². The van der Waals surface area contributed by atoms with Crippen LogP contribution in [0.15, 0.2) is 24.3 Å². The summed E-state index contributed by atoms with van der Waals surface area (Å²) in [5.41, 5.74) is 6.16. The third-order valence-electron chi connectivity index (χ3n) is 3.72. The summed E-state index contributed by atoms with van der Waals surface area (Å²) in [5.74, 6) is 0. The van der Waals surface area contributed by atoms with Gasteiger partial charge in [0.15, 0.2) is 0 Å². The Kier molecular flexibility index (Phi) is 3.93. The van der Waals surface area contributed by atoms with Crippen LogP contribution >= 0.6 is 0 Å². The molecule has 1 heterocycles. The van der Waals surface area contributed by atoms with Crippen molar-refractivity contribution in [3.8, 4) is 0 Å². The van der Waals surface area contributed by atoms with Crippen molar-refractivity contribution in [2.75, 3.05) is 5.32 Å². The van der Waals surface area contributed by atoms with E-state index >= 15 is 0 Å². The smallest absolute Gasteiger partial charge is 0.0649 e. The Hall–Kier alpha value is -1.77. The maximum Gasteiger partial charge on any atom is 0.0649 e. The first-order valence-electron chi connectivity index (χ1n) is 6.88. The molecule has 0 aliphatic heterocycles. The molecule has 1 aromatic heterocycles. The van der Waals surface area contributed by atoms with Gasteiger partial charge in [0.25, 0.3) is 0 Å². The lowest BCUT2D eigenvalue weighted by atomic mass is 10.1. The van der Waals surface area contributed by atoms with E-state index in [0.717, 1.165) is 12.1 Å². The molecule has 1 atom stereocenters. The minimum atomic E-state index is 0.265. The molecule has 0 fully saturated rings. The molecule has 102 valence electrons. The maximum absolute atomic E-state index is 4.48. The largest absolute Gasteiger partial charge is 0.378 e. The first-order chi connectivity index (χ1) is 9.02. The zero-order valence-electron chi connectivity index (χ0n) is 12.5. The van der Waals surface area contributed by atoms with E-state index < -0.39 is 0 Å². The highest BCUT2D eigenvalue weighted by Crippen LogP contribution is 2.25. The summed E-state index contributed by atoms with van der Waals surface area (Å²) in [5, 5.41) is 8.06. The van der Waals surface area contributed by atoms with Gasteiger partial charge in [-0.2, -0.15) is 5.10 Å². The first kappa shape index (κ1) is 13.7. The van der Waals surface area contributed by atoms with Crippen molar-refractivity contribution in [2.24, 2.45) is 7.05 Å². The van der Waals surface area contributed by atoms with E-state index in [-0.39, 0.29) is 6.04 Å². The van der Waals surface area contributed by atoms with Crippen molar-refractivity contribution >= 4 is 5.69 Å². The molecule has 2 rings (SSSR count). The molecule has 3 nitrogen and oxygen atoms in total. The summed E-state index contributed by atoms with van der Waals surface area (Å²) < 4.78 is 1.95. The maximum atomic E-state index is 4.48. The average molecular weight is 257 g/mol. The number of hydrogen-bond donors (Lipinski definition) is 1. The van der Waals surface area contributed by atoms with E-state index in [1.807, 2.05) is 11.7 Å². The summed E-state index contributed by atoms with van der Waals surface area (Å²) in [6.07, 6.45) is 1.06. The van der Waals surface area contributed by atoms with Gasteiger partial charge in [-0.15, -0.1) is 0 Å². The molecule has 0 saturated carbocycles. The van der Waals surface area contributed by atoms with Crippen molar-refractivity contribution in [3.05, 3.63) is 46.8 Å². The molecule has 1 N–H and O–H groups in total. The van der Waals surface area contributed by atoms with Crippen LogP contribution in [-0.4, -0.2) is 9.78 Å². The van der Waals surface area contributed by atoms with Crippen LogP contribution in [0.5, 0.6) is 0 Å². The SMILES string of the molecule is CCc1cccc(NC(C)c2c(C)nn(C)c2C)c1. The molecule has 1 unspecified atom stereocenters. The Labute approximate surface area is 115 Å². The fraction of sp³-hybridized carbons (Fsp3) is 0.438. The predicted octanol–water partition coefficient (Wildman–Crippen LogP) is 3.77. The van der Waals surface area contributed by atoms with Gasteiger partial charge in [0, 0.05) is 24.0 Å². The minimum Gasteiger partial charge on any atom is -0.378 e. The van der Waals surface area contributed by atoms with Crippen LogP contribution in [0, 0.1) is 13.8 Å². The third-order valence-corrected chi connectivity index (χ3v) is 3.72. The minimum absolute atomic E-state index is 0.265. The molecule has 1 aromatic carbocycles. The van der Waals surface area contributed by atoms with Gasteiger partial charge in [-0.25, -0.2) is 0 Å². The molecule has 0 aliphatic carbocycles. The van der Waals surface area contributed by atoms with Crippen LogP contribution in [0.1, 0.15) is 42.4 Å². The molecule has 0 spiro atoms. The van der Waals surface area contributed by atoms with Gasteiger partial charge >= 0.3 is 0 Å². The van der Waals surface area contributed by atoms with Crippen LogP contribution < -0.4 is 5.32 Å². The van der Waals surface area contributed by atoms with Crippen LogP contribution in [-0.2, 0) is 13.5 Å². The fourth-order valence-electron chi connectivity index (χ4n) is 2.62. The predicted molar refractivity (Wildman–Crippen MR) is 80.5 cm³/mol. The lowest BCUT2D eigenvalue weighted by Gasteiger charge is -2.16. The topological polar surface area (TPSA) is 29.9 Å². The number of nitrogens with zero attached hydrogens (tertiary/aromatic N) is 2. The van der Waals surface area contributed by atoms with Crippen LogP contribution in [0.3, 0.4) is 0 Å². The average Bonchev–Trinajstić information content (AvgIpc) is 2.63. The summed E-state index contributed by atoms with van der Waals surface area (Å²) in [7, 11) is 2.00. The zero-order valence-corrected chi connectivity index (χ0v) is 12.5.